The summed E-state index contributed by atoms with van der Waals surface area (Å²) in [4.78, 5) is 2.19. The summed E-state index contributed by atoms with van der Waals surface area (Å²) >= 11 is 1.63. The number of nitriles is 1. The summed E-state index contributed by atoms with van der Waals surface area (Å²) < 4.78 is 5.10. The number of methoxy groups -OCH3 is 1. The molecule has 2 nitrogen and oxygen atoms in total. The van der Waals surface area contributed by atoms with Gasteiger partial charge in [0.1, 0.15) is 5.75 Å². The van der Waals surface area contributed by atoms with E-state index < -0.39 is 0 Å². The fraction of sp³-hybridized carbons (Fsp3) is 0.0714. The van der Waals surface area contributed by atoms with E-state index in [1.54, 1.807) is 24.9 Å². The largest absolute Gasteiger partial charge is 0.497 e. The van der Waals surface area contributed by atoms with Gasteiger partial charge in [-0.2, -0.15) is 5.26 Å². The second-order valence-corrected chi connectivity index (χ2v) is 4.56. The molecule has 2 aromatic carbocycles. The van der Waals surface area contributed by atoms with Crippen LogP contribution in [0.5, 0.6) is 5.75 Å². The molecular formula is C14H11NOS. The zero-order chi connectivity index (χ0) is 12.1. The fourth-order valence-corrected chi connectivity index (χ4v) is 2.29. The molecule has 2 aromatic rings. The lowest BCUT2D eigenvalue weighted by Gasteiger charge is -2.03. The highest BCUT2D eigenvalue weighted by Crippen LogP contribution is 2.29. The van der Waals surface area contributed by atoms with Crippen molar-refractivity contribution in [2.45, 2.75) is 9.79 Å². The Balaban J connectivity index is 2.16. The SMILES string of the molecule is COc1ccc(Sc2cccc(C#N)c2)cc1. The highest BCUT2D eigenvalue weighted by atomic mass is 32.2. The first-order valence-corrected chi connectivity index (χ1v) is 5.95. The average Bonchev–Trinajstić information content (AvgIpc) is 2.40. The van der Waals surface area contributed by atoms with Crippen molar-refractivity contribution in [3.05, 3.63) is 54.1 Å². The molecule has 0 bridgehead atoms. The molecule has 0 fully saturated rings. The lowest BCUT2D eigenvalue weighted by atomic mass is 10.2. The summed E-state index contributed by atoms with van der Waals surface area (Å²) in [6.07, 6.45) is 0. The van der Waals surface area contributed by atoms with Crippen LogP contribution in [0.15, 0.2) is 58.3 Å². The number of hydrogen-bond donors (Lipinski definition) is 0. The Kier molecular flexibility index (Phi) is 3.69. The predicted octanol–water partition coefficient (Wildman–Crippen LogP) is 3.72. The summed E-state index contributed by atoms with van der Waals surface area (Å²) in [7, 11) is 1.65. The summed E-state index contributed by atoms with van der Waals surface area (Å²) in [6, 6.07) is 17.6. The van der Waals surface area contributed by atoms with Gasteiger partial charge in [0.25, 0.3) is 0 Å². The topological polar surface area (TPSA) is 33.0 Å². The van der Waals surface area contributed by atoms with Gasteiger partial charge in [-0.15, -0.1) is 0 Å². The normalized spacial score (nSPS) is 9.65. The molecule has 2 rings (SSSR count). The molecular weight excluding hydrogens is 230 g/mol. The minimum Gasteiger partial charge on any atom is -0.497 e. The Morgan fingerprint density at radius 1 is 1.06 bits per heavy atom. The van der Waals surface area contributed by atoms with Gasteiger partial charge in [0.05, 0.1) is 18.7 Å². The van der Waals surface area contributed by atoms with Gasteiger partial charge in [0.15, 0.2) is 0 Å². The van der Waals surface area contributed by atoms with E-state index in [2.05, 4.69) is 6.07 Å². The van der Waals surface area contributed by atoms with Crippen LogP contribution < -0.4 is 4.74 Å². The Morgan fingerprint density at radius 2 is 1.82 bits per heavy atom. The van der Waals surface area contributed by atoms with Crippen LogP contribution >= 0.6 is 11.8 Å². The summed E-state index contributed by atoms with van der Waals surface area (Å²) in [5.41, 5.74) is 0.684. The second-order valence-electron chi connectivity index (χ2n) is 3.42. The molecule has 0 unspecified atom stereocenters. The Hall–Kier alpha value is -1.92. The predicted molar refractivity (Wildman–Crippen MR) is 68.3 cm³/mol. The molecule has 0 aliphatic rings. The fourth-order valence-electron chi connectivity index (χ4n) is 1.41. The third-order valence-electron chi connectivity index (χ3n) is 2.26. The molecule has 0 aliphatic carbocycles. The van der Waals surface area contributed by atoms with Crippen molar-refractivity contribution in [3.8, 4) is 11.8 Å². The van der Waals surface area contributed by atoms with Gasteiger partial charge in [-0.05, 0) is 42.5 Å². The van der Waals surface area contributed by atoms with Crippen LogP contribution in [0.4, 0.5) is 0 Å². The van der Waals surface area contributed by atoms with Crippen molar-refractivity contribution in [3.63, 3.8) is 0 Å². The van der Waals surface area contributed by atoms with Gasteiger partial charge in [-0.1, -0.05) is 17.8 Å². The van der Waals surface area contributed by atoms with Crippen LogP contribution in [0.25, 0.3) is 0 Å². The van der Waals surface area contributed by atoms with Crippen molar-refractivity contribution in [2.24, 2.45) is 0 Å². The van der Waals surface area contributed by atoms with Crippen LogP contribution in [0.3, 0.4) is 0 Å². The molecule has 0 spiro atoms. The van der Waals surface area contributed by atoms with Crippen molar-refractivity contribution in [2.75, 3.05) is 7.11 Å². The number of hydrogen-bond acceptors (Lipinski definition) is 3. The van der Waals surface area contributed by atoms with E-state index in [-0.39, 0.29) is 0 Å². The number of ether oxygens (including phenoxy) is 1. The zero-order valence-corrected chi connectivity index (χ0v) is 10.2. The molecule has 0 radical (unpaired) electrons. The van der Waals surface area contributed by atoms with Crippen molar-refractivity contribution in [1.29, 1.82) is 5.26 Å². The summed E-state index contributed by atoms with van der Waals surface area (Å²) in [5.74, 6) is 0.847. The second kappa shape index (κ2) is 5.42. The van der Waals surface area contributed by atoms with Gasteiger partial charge >= 0.3 is 0 Å². The molecule has 84 valence electrons. The molecule has 0 saturated heterocycles. The first kappa shape index (κ1) is 11.6. The minimum atomic E-state index is 0.684. The van der Waals surface area contributed by atoms with Crippen LogP contribution in [0, 0.1) is 11.3 Å². The van der Waals surface area contributed by atoms with E-state index in [1.165, 1.54) is 0 Å². The number of rotatable bonds is 3. The minimum absolute atomic E-state index is 0.684. The van der Waals surface area contributed by atoms with E-state index in [0.29, 0.717) is 5.56 Å². The molecule has 0 amide bonds. The number of nitrogens with zero attached hydrogens (tertiary/aromatic N) is 1. The highest BCUT2D eigenvalue weighted by Gasteiger charge is 1.99. The van der Waals surface area contributed by atoms with Crippen LogP contribution in [-0.2, 0) is 0 Å². The monoisotopic (exact) mass is 241 g/mol. The highest BCUT2D eigenvalue weighted by molar-refractivity contribution is 7.99. The Labute approximate surface area is 105 Å². The molecule has 17 heavy (non-hydrogen) atoms. The van der Waals surface area contributed by atoms with E-state index in [4.69, 9.17) is 10.00 Å². The lowest BCUT2D eigenvalue weighted by molar-refractivity contribution is 0.414. The maximum Gasteiger partial charge on any atom is 0.118 e. The number of benzene rings is 2. The van der Waals surface area contributed by atoms with E-state index in [9.17, 15) is 0 Å². The third kappa shape index (κ3) is 3.02. The Bertz CT molecular complexity index is 543. The van der Waals surface area contributed by atoms with Crippen molar-refractivity contribution in [1.82, 2.24) is 0 Å². The van der Waals surface area contributed by atoms with Crippen molar-refractivity contribution >= 4 is 11.8 Å². The van der Waals surface area contributed by atoms with Gasteiger partial charge in [0.2, 0.25) is 0 Å². The van der Waals surface area contributed by atoms with E-state index in [1.807, 2.05) is 42.5 Å². The smallest absolute Gasteiger partial charge is 0.118 e. The maximum absolute atomic E-state index is 8.82. The van der Waals surface area contributed by atoms with Gasteiger partial charge in [0, 0.05) is 9.79 Å². The molecule has 0 heterocycles. The van der Waals surface area contributed by atoms with Crippen LogP contribution in [0.2, 0.25) is 0 Å². The van der Waals surface area contributed by atoms with Gasteiger partial charge < -0.3 is 4.74 Å². The third-order valence-corrected chi connectivity index (χ3v) is 3.26. The summed E-state index contributed by atoms with van der Waals surface area (Å²) in [6.45, 7) is 0. The quantitative estimate of drug-likeness (QED) is 0.821. The first-order chi connectivity index (χ1) is 8.31. The molecule has 0 atom stereocenters. The molecule has 0 N–H and O–H groups in total. The zero-order valence-electron chi connectivity index (χ0n) is 9.38. The molecule has 3 heteroatoms. The first-order valence-electron chi connectivity index (χ1n) is 5.14. The standard InChI is InChI=1S/C14H11NOS/c1-16-12-5-7-13(8-6-12)17-14-4-2-3-11(9-14)10-15/h2-9H,1H3. The maximum atomic E-state index is 8.82. The van der Waals surface area contributed by atoms with Crippen LogP contribution in [0.1, 0.15) is 5.56 Å². The molecule has 0 aliphatic heterocycles. The van der Waals surface area contributed by atoms with Gasteiger partial charge in [-0.25, -0.2) is 0 Å². The lowest BCUT2D eigenvalue weighted by Crippen LogP contribution is -1.81. The van der Waals surface area contributed by atoms with E-state index >= 15 is 0 Å². The van der Waals surface area contributed by atoms with Crippen molar-refractivity contribution < 1.29 is 4.74 Å². The summed E-state index contributed by atoms with van der Waals surface area (Å²) in [5, 5.41) is 8.82. The Morgan fingerprint density at radius 3 is 2.47 bits per heavy atom. The average molecular weight is 241 g/mol. The van der Waals surface area contributed by atoms with Crippen LogP contribution in [-0.4, -0.2) is 7.11 Å². The molecule has 0 saturated carbocycles. The van der Waals surface area contributed by atoms with Gasteiger partial charge in [-0.3, -0.25) is 0 Å². The molecule has 0 aromatic heterocycles. The van der Waals surface area contributed by atoms with E-state index in [0.717, 1.165) is 15.5 Å².